The molecule has 0 fully saturated rings. The van der Waals surface area contributed by atoms with Crippen LogP contribution in [-0.4, -0.2) is 35.3 Å². The molecule has 25 heavy (non-hydrogen) atoms. The topological polar surface area (TPSA) is 90.8 Å². The molecular weight excluding hydrogens is 324 g/mol. The summed E-state index contributed by atoms with van der Waals surface area (Å²) in [5, 5.41) is 8.94. The molecule has 0 bridgehead atoms. The average Bonchev–Trinajstić information content (AvgIpc) is 2.62. The van der Waals surface area contributed by atoms with Gasteiger partial charge in [-0.3, -0.25) is 9.78 Å². The lowest BCUT2D eigenvalue weighted by Crippen LogP contribution is -2.02. The molecule has 0 radical (unpaired) electrons. The lowest BCUT2D eigenvalue weighted by Gasteiger charge is -2.12. The number of nitrogens with zero attached hydrogens (tertiary/aromatic N) is 2. The summed E-state index contributed by atoms with van der Waals surface area (Å²) in [6, 6.07) is 8.48. The summed E-state index contributed by atoms with van der Waals surface area (Å²) in [7, 11) is 3.05. The van der Waals surface area contributed by atoms with Crippen LogP contribution >= 0.6 is 0 Å². The molecule has 0 saturated heterocycles. The number of carboxylic acid groups (broad SMARTS) is 1. The highest BCUT2D eigenvalue weighted by atomic mass is 16.5. The Morgan fingerprint density at radius 3 is 2.60 bits per heavy atom. The molecular formula is C18H16N2O5. The Balaban J connectivity index is 1.94. The van der Waals surface area contributed by atoms with Gasteiger partial charge in [0.2, 0.25) is 0 Å². The van der Waals surface area contributed by atoms with E-state index in [1.807, 2.05) is 0 Å². The molecule has 0 saturated carbocycles. The van der Waals surface area contributed by atoms with Crippen molar-refractivity contribution in [1.29, 1.82) is 0 Å². The Hall–Kier alpha value is -3.35. The molecule has 0 aliphatic carbocycles. The first-order valence-electron chi connectivity index (χ1n) is 7.46. The standard InChI is InChI=1S/C18H16N2O5/c1-23-13-8-14-18(20-10-13)15(5-6-19-14)25-12-4-3-11(7-17(21)22)16(9-12)24-2/h3-6,8-10H,7H2,1-2H3,(H,21,22). The van der Waals surface area contributed by atoms with Gasteiger partial charge in [-0.05, 0) is 6.07 Å². The normalized spacial score (nSPS) is 10.5. The van der Waals surface area contributed by atoms with Crippen LogP contribution in [0.1, 0.15) is 5.56 Å². The van der Waals surface area contributed by atoms with Gasteiger partial charge in [-0.2, -0.15) is 0 Å². The van der Waals surface area contributed by atoms with E-state index in [9.17, 15) is 4.79 Å². The van der Waals surface area contributed by atoms with Crippen LogP contribution in [0.3, 0.4) is 0 Å². The Morgan fingerprint density at radius 1 is 1.04 bits per heavy atom. The van der Waals surface area contributed by atoms with Crippen LogP contribution in [0.15, 0.2) is 42.7 Å². The number of aliphatic carboxylic acids is 1. The van der Waals surface area contributed by atoms with Crippen LogP contribution in [0, 0.1) is 0 Å². The number of carbonyl (C=O) groups is 1. The van der Waals surface area contributed by atoms with Gasteiger partial charge in [-0.15, -0.1) is 0 Å². The highest BCUT2D eigenvalue weighted by Crippen LogP contribution is 2.32. The zero-order chi connectivity index (χ0) is 17.8. The van der Waals surface area contributed by atoms with Gasteiger partial charge in [0.15, 0.2) is 5.75 Å². The molecule has 0 aliphatic rings. The highest BCUT2D eigenvalue weighted by molar-refractivity contribution is 5.81. The maximum absolute atomic E-state index is 10.9. The third kappa shape index (κ3) is 3.60. The number of rotatable bonds is 6. The molecule has 2 aromatic heterocycles. The van der Waals surface area contributed by atoms with Crippen molar-refractivity contribution in [2.24, 2.45) is 0 Å². The number of hydrogen-bond acceptors (Lipinski definition) is 6. The molecule has 0 atom stereocenters. The third-order valence-electron chi connectivity index (χ3n) is 3.58. The van der Waals surface area contributed by atoms with Gasteiger partial charge in [0.05, 0.1) is 32.4 Å². The molecule has 0 amide bonds. The fourth-order valence-corrected chi connectivity index (χ4v) is 2.41. The summed E-state index contributed by atoms with van der Waals surface area (Å²) in [4.78, 5) is 19.5. The zero-order valence-corrected chi connectivity index (χ0v) is 13.7. The van der Waals surface area contributed by atoms with Gasteiger partial charge in [0.1, 0.15) is 22.8 Å². The first-order chi connectivity index (χ1) is 12.1. The maximum Gasteiger partial charge on any atom is 0.307 e. The molecule has 7 nitrogen and oxygen atoms in total. The van der Waals surface area contributed by atoms with E-state index in [0.29, 0.717) is 39.6 Å². The molecule has 128 valence electrons. The largest absolute Gasteiger partial charge is 0.496 e. The SMILES string of the molecule is COc1cnc2c(Oc3ccc(CC(=O)O)c(OC)c3)ccnc2c1. The van der Waals surface area contributed by atoms with E-state index in [-0.39, 0.29) is 6.42 Å². The molecule has 7 heteroatoms. The molecule has 1 aromatic carbocycles. The maximum atomic E-state index is 10.9. The van der Waals surface area contributed by atoms with Crippen LogP contribution in [-0.2, 0) is 11.2 Å². The van der Waals surface area contributed by atoms with Crippen LogP contribution in [0.5, 0.6) is 23.0 Å². The average molecular weight is 340 g/mol. The van der Waals surface area contributed by atoms with Crippen molar-refractivity contribution >= 4 is 17.0 Å². The van der Waals surface area contributed by atoms with E-state index in [4.69, 9.17) is 19.3 Å². The Labute approximate surface area is 143 Å². The summed E-state index contributed by atoms with van der Waals surface area (Å²) >= 11 is 0. The van der Waals surface area contributed by atoms with Gasteiger partial charge < -0.3 is 19.3 Å². The minimum Gasteiger partial charge on any atom is -0.496 e. The minimum absolute atomic E-state index is 0.122. The summed E-state index contributed by atoms with van der Waals surface area (Å²) in [6.45, 7) is 0. The summed E-state index contributed by atoms with van der Waals surface area (Å²) in [5.41, 5.74) is 1.81. The van der Waals surface area contributed by atoms with Crippen molar-refractivity contribution in [2.75, 3.05) is 14.2 Å². The minimum atomic E-state index is -0.926. The van der Waals surface area contributed by atoms with E-state index >= 15 is 0 Å². The van der Waals surface area contributed by atoms with Gasteiger partial charge in [0.25, 0.3) is 0 Å². The second-order valence-electron chi connectivity index (χ2n) is 5.20. The van der Waals surface area contributed by atoms with E-state index in [1.165, 1.54) is 7.11 Å². The van der Waals surface area contributed by atoms with E-state index in [1.54, 1.807) is 49.8 Å². The first-order valence-corrected chi connectivity index (χ1v) is 7.46. The number of pyridine rings is 2. The molecule has 1 N–H and O–H groups in total. The van der Waals surface area contributed by atoms with Crippen molar-refractivity contribution < 1.29 is 24.1 Å². The second-order valence-corrected chi connectivity index (χ2v) is 5.20. The van der Waals surface area contributed by atoms with E-state index in [0.717, 1.165) is 0 Å². The number of fused-ring (bicyclic) bond motifs is 1. The van der Waals surface area contributed by atoms with Crippen molar-refractivity contribution in [2.45, 2.75) is 6.42 Å². The monoisotopic (exact) mass is 340 g/mol. The van der Waals surface area contributed by atoms with Crippen LogP contribution in [0.4, 0.5) is 0 Å². The van der Waals surface area contributed by atoms with E-state index in [2.05, 4.69) is 9.97 Å². The number of ether oxygens (including phenoxy) is 3. The number of aromatic nitrogens is 2. The zero-order valence-electron chi connectivity index (χ0n) is 13.7. The highest BCUT2D eigenvalue weighted by Gasteiger charge is 2.11. The molecule has 2 heterocycles. The molecule has 0 spiro atoms. The van der Waals surface area contributed by atoms with Gasteiger partial charge in [-0.25, -0.2) is 4.98 Å². The first kappa shape index (κ1) is 16.5. The summed E-state index contributed by atoms with van der Waals surface area (Å²) < 4.78 is 16.3. The van der Waals surface area contributed by atoms with Crippen molar-refractivity contribution in [3.8, 4) is 23.0 Å². The fourth-order valence-electron chi connectivity index (χ4n) is 2.41. The Morgan fingerprint density at radius 2 is 1.88 bits per heavy atom. The quantitative estimate of drug-likeness (QED) is 0.737. The van der Waals surface area contributed by atoms with Gasteiger partial charge in [0, 0.05) is 30.0 Å². The summed E-state index contributed by atoms with van der Waals surface area (Å²) in [5.74, 6) is 1.17. The van der Waals surface area contributed by atoms with Crippen molar-refractivity contribution in [1.82, 2.24) is 9.97 Å². The smallest absolute Gasteiger partial charge is 0.307 e. The Kier molecular flexibility index (Phi) is 4.65. The fraction of sp³-hybridized carbons (Fsp3) is 0.167. The van der Waals surface area contributed by atoms with Gasteiger partial charge >= 0.3 is 5.97 Å². The van der Waals surface area contributed by atoms with Gasteiger partial charge in [-0.1, -0.05) is 6.07 Å². The summed E-state index contributed by atoms with van der Waals surface area (Å²) in [6.07, 6.45) is 3.09. The lowest BCUT2D eigenvalue weighted by atomic mass is 10.1. The van der Waals surface area contributed by atoms with Crippen molar-refractivity contribution in [3.63, 3.8) is 0 Å². The molecule has 3 rings (SSSR count). The molecule has 3 aromatic rings. The van der Waals surface area contributed by atoms with Crippen molar-refractivity contribution in [3.05, 3.63) is 48.3 Å². The second kappa shape index (κ2) is 7.04. The number of hydrogen-bond donors (Lipinski definition) is 1. The van der Waals surface area contributed by atoms with Crippen LogP contribution < -0.4 is 14.2 Å². The lowest BCUT2D eigenvalue weighted by molar-refractivity contribution is -0.136. The third-order valence-corrected chi connectivity index (χ3v) is 3.58. The number of methoxy groups -OCH3 is 2. The molecule has 0 aliphatic heterocycles. The predicted molar refractivity (Wildman–Crippen MR) is 90.5 cm³/mol. The molecule has 0 unspecified atom stereocenters. The number of carboxylic acids is 1. The Bertz CT molecular complexity index is 926. The van der Waals surface area contributed by atoms with E-state index < -0.39 is 5.97 Å². The number of benzene rings is 1. The predicted octanol–water partition coefficient (Wildman–Crippen LogP) is 3.07. The van der Waals surface area contributed by atoms with Crippen LogP contribution in [0.25, 0.3) is 11.0 Å². The van der Waals surface area contributed by atoms with Crippen LogP contribution in [0.2, 0.25) is 0 Å².